The Hall–Kier alpha value is -1.39. The van der Waals surface area contributed by atoms with Crippen LogP contribution in [0.4, 0.5) is 0 Å². The number of amides is 1. The van der Waals surface area contributed by atoms with Crippen molar-refractivity contribution in [3.05, 3.63) is 35.9 Å². The Morgan fingerprint density at radius 3 is 1.76 bits per heavy atom. The smallest absolute Gasteiger partial charge is 0.253 e. The lowest BCUT2D eigenvalue weighted by atomic mass is 9.90. The molecular formula is C17H27NO3. The number of hydrogen-bond acceptors (Lipinski definition) is 3. The van der Waals surface area contributed by atoms with Crippen molar-refractivity contribution in [1.29, 1.82) is 0 Å². The van der Waals surface area contributed by atoms with E-state index in [1.54, 1.807) is 17.0 Å². The van der Waals surface area contributed by atoms with Gasteiger partial charge in [-0.2, -0.15) is 0 Å². The first-order valence-corrected chi connectivity index (χ1v) is 7.27. The lowest BCUT2D eigenvalue weighted by Gasteiger charge is -2.36. The number of rotatable bonds is 7. The molecule has 0 radical (unpaired) electrons. The van der Waals surface area contributed by atoms with Gasteiger partial charge in [-0.1, -0.05) is 45.9 Å². The van der Waals surface area contributed by atoms with Gasteiger partial charge in [-0.05, 0) is 12.1 Å². The highest BCUT2D eigenvalue weighted by Gasteiger charge is 2.29. The van der Waals surface area contributed by atoms with Gasteiger partial charge < -0.3 is 15.1 Å². The SMILES string of the molecule is CC(C)(CO)CN(CC(C)(C)CO)C(=O)c1ccccc1. The molecule has 0 saturated heterocycles. The molecule has 0 atom stereocenters. The third kappa shape index (κ3) is 5.48. The largest absolute Gasteiger partial charge is 0.396 e. The van der Waals surface area contributed by atoms with Gasteiger partial charge in [-0.25, -0.2) is 0 Å². The van der Waals surface area contributed by atoms with E-state index in [9.17, 15) is 15.0 Å². The number of carbonyl (C=O) groups excluding carboxylic acids is 1. The monoisotopic (exact) mass is 293 g/mol. The van der Waals surface area contributed by atoms with E-state index in [2.05, 4.69) is 0 Å². The zero-order valence-electron chi connectivity index (χ0n) is 13.5. The van der Waals surface area contributed by atoms with Gasteiger partial charge in [0.05, 0.1) is 0 Å². The number of nitrogens with zero attached hydrogens (tertiary/aromatic N) is 1. The van der Waals surface area contributed by atoms with Gasteiger partial charge in [0.15, 0.2) is 0 Å². The van der Waals surface area contributed by atoms with E-state index in [0.717, 1.165) is 0 Å². The van der Waals surface area contributed by atoms with Crippen molar-refractivity contribution < 1.29 is 15.0 Å². The molecule has 1 aromatic rings. The number of aliphatic hydroxyl groups is 2. The average molecular weight is 293 g/mol. The highest BCUT2D eigenvalue weighted by Crippen LogP contribution is 2.23. The predicted molar refractivity (Wildman–Crippen MR) is 84.1 cm³/mol. The van der Waals surface area contributed by atoms with Crippen molar-refractivity contribution in [3.63, 3.8) is 0 Å². The summed E-state index contributed by atoms with van der Waals surface area (Å²) in [7, 11) is 0. The van der Waals surface area contributed by atoms with Gasteiger partial charge in [0.1, 0.15) is 0 Å². The maximum Gasteiger partial charge on any atom is 0.253 e. The molecule has 118 valence electrons. The van der Waals surface area contributed by atoms with Crippen LogP contribution in [0.1, 0.15) is 38.1 Å². The summed E-state index contributed by atoms with van der Waals surface area (Å²) in [6.45, 7) is 8.58. The minimum Gasteiger partial charge on any atom is -0.396 e. The van der Waals surface area contributed by atoms with Crippen LogP contribution in [0.2, 0.25) is 0 Å². The zero-order chi connectivity index (χ0) is 16.1. The van der Waals surface area contributed by atoms with Crippen LogP contribution in [0.15, 0.2) is 30.3 Å². The topological polar surface area (TPSA) is 60.8 Å². The molecule has 0 aliphatic heterocycles. The van der Waals surface area contributed by atoms with Crippen LogP contribution in [0.25, 0.3) is 0 Å². The van der Waals surface area contributed by atoms with Crippen LogP contribution in [-0.4, -0.2) is 47.3 Å². The standard InChI is InChI=1S/C17H27NO3/c1-16(2,12-19)10-18(11-17(3,4)13-20)15(21)14-8-6-5-7-9-14/h5-9,19-20H,10-13H2,1-4H3. The molecule has 0 heterocycles. The Balaban J connectivity index is 2.99. The molecule has 0 aliphatic rings. The summed E-state index contributed by atoms with van der Waals surface area (Å²) in [5.41, 5.74) is -0.133. The van der Waals surface area contributed by atoms with Gasteiger partial charge in [0.2, 0.25) is 0 Å². The first-order chi connectivity index (χ1) is 9.71. The summed E-state index contributed by atoms with van der Waals surface area (Å²) in [4.78, 5) is 14.4. The fourth-order valence-corrected chi connectivity index (χ4v) is 2.10. The van der Waals surface area contributed by atoms with Crippen molar-refractivity contribution in [2.45, 2.75) is 27.7 Å². The minimum atomic E-state index is -0.379. The number of benzene rings is 1. The molecule has 0 saturated carbocycles. The molecule has 1 aromatic carbocycles. The van der Waals surface area contributed by atoms with Crippen LogP contribution in [0.3, 0.4) is 0 Å². The number of aliphatic hydroxyl groups excluding tert-OH is 2. The van der Waals surface area contributed by atoms with Crippen molar-refractivity contribution in [2.75, 3.05) is 26.3 Å². The van der Waals surface area contributed by atoms with E-state index >= 15 is 0 Å². The van der Waals surface area contributed by atoms with Crippen LogP contribution < -0.4 is 0 Å². The Morgan fingerprint density at radius 1 is 0.952 bits per heavy atom. The van der Waals surface area contributed by atoms with Crippen molar-refractivity contribution in [1.82, 2.24) is 4.90 Å². The molecule has 0 fully saturated rings. The Bertz CT molecular complexity index is 436. The van der Waals surface area contributed by atoms with E-state index in [4.69, 9.17) is 0 Å². The molecule has 0 bridgehead atoms. The molecule has 21 heavy (non-hydrogen) atoms. The van der Waals surface area contributed by atoms with Gasteiger partial charge >= 0.3 is 0 Å². The highest BCUT2D eigenvalue weighted by atomic mass is 16.3. The van der Waals surface area contributed by atoms with Crippen molar-refractivity contribution >= 4 is 5.91 Å². The maximum atomic E-state index is 12.7. The van der Waals surface area contributed by atoms with Gasteiger partial charge in [0, 0.05) is 42.7 Å². The number of carbonyl (C=O) groups is 1. The normalized spacial score (nSPS) is 12.3. The Kier molecular flexibility index (Phi) is 5.93. The third-order valence-corrected chi connectivity index (χ3v) is 3.40. The van der Waals surface area contributed by atoms with Gasteiger partial charge in [0.25, 0.3) is 5.91 Å². The second-order valence-corrected chi connectivity index (χ2v) is 7.17. The third-order valence-electron chi connectivity index (χ3n) is 3.40. The second kappa shape index (κ2) is 7.05. The Morgan fingerprint density at radius 2 is 1.38 bits per heavy atom. The molecule has 4 nitrogen and oxygen atoms in total. The second-order valence-electron chi connectivity index (χ2n) is 7.17. The van der Waals surface area contributed by atoms with Crippen molar-refractivity contribution in [2.24, 2.45) is 10.8 Å². The van der Waals surface area contributed by atoms with E-state index in [0.29, 0.717) is 18.7 Å². The maximum absolute atomic E-state index is 12.7. The predicted octanol–water partition coefficient (Wildman–Crippen LogP) is 2.17. The van der Waals surface area contributed by atoms with E-state index in [1.807, 2.05) is 45.9 Å². The summed E-state index contributed by atoms with van der Waals surface area (Å²) in [5, 5.41) is 18.9. The molecule has 4 heteroatoms. The van der Waals surface area contributed by atoms with Gasteiger partial charge in [-0.3, -0.25) is 4.79 Å². The van der Waals surface area contributed by atoms with E-state index in [1.165, 1.54) is 0 Å². The lowest BCUT2D eigenvalue weighted by Crippen LogP contribution is -2.45. The Labute approximate surface area is 127 Å². The summed E-state index contributed by atoms with van der Waals surface area (Å²) in [5.74, 6) is -0.0707. The van der Waals surface area contributed by atoms with Gasteiger partial charge in [-0.15, -0.1) is 0 Å². The van der Waals surface area contributed by atoms with Crippen LogP contribution in [0, 0.1) is 10.8 Å². The fourth-order valence-electron chi connectivity index (χ4n) is 2.10. The summed E-state index contributed by atoms with van der Waals surface area (Å²) in [6, 6.07) is 9.11. The van der Waals surface area contributed by atoms with E-state index < -0.39 is 0 Å². The molecule has 0 spiro atoms. The first kappa shape index (κ1) is 17.7. The minimum absolute atomic E-state index is 0.00508. The first-order valence-electron chi connectivity index (χ1n) is 7.27. The summed E-state index contributed by atoms with van der Waals surface area (Å²) in [6.07, 6.45) is 0. The molecule has 0 aromatic heterocycles. The molecular weight excluding hydrogens is 266 g/mol. The van der Waals surface area contributed by atoms with Crippen molar-refractivity contribution in [3.8, 4) is 0 Å². The summed E-state index contributed by atoms with van der Waals surface area (Å²) < 4.78 is 0. The number of hydrogen-bond donors (Lipinski definition) is 2. The van der Waals surface area contributed by atoms with Crippen LogP contribution >= 0.6 is 0 Å². The van der Waals surface area contributed by atoms with Crippen LogP contribution in [-0.2, 0) is 0 Å². The van der Waals surface area contributed by atoms with E-state index in [-0.39, 0.29) is 30.0 Å². The highest BCUT2D eigenvalue weighted by molar-refractivity contribution is 5.94. The average Bonchev–Trinajstić information content (AvgIpc) is 2.46. The van der Waals surface area contributed by atoms with Crippen LogP contribution in [0.5, 0.6) is 0 Å². The molecule has 1 amide bonds. The molecule has 0 aliphatic carbocycles. The zero-order valence-corrected chi connectivity index (χ0v) is 13.5. The molecule has 0 unspecified atom stereocenters. The quantitative estimate of drug-likeness (QED) is 0.810. The summed E-state index contributed by atoms with van der Waals surface area (Å²) >= 11 is 0. The molecule has 2 N–H and O–H groups in total. The fraction of sp³-hybridized carbons (Fsp3) is 0.588. The molecule has 1 rings (SSSR count). The lowest BCUT2D eigenvalue weighted by molar-refractivity contribution is 0.0413.